The fraction of sp³-hybridized carbons (Fsp3) is 0.571. The highest BCUT2D eigenvalue weighted by Gasteiger charge is 2.22. The molecule has 1 nitrogen and oxygen atoms in total. The zero-order chi connectivity index (χ0) is 11.5. The highest BCUT2D eigenvalue weighted by molar-refractivity contribution is 5.46. The molecule has 0 radical (unpaired) electrons. The molecule has 1 atom stereocenters. The molecule has 0 amide bonds. The maximum Gasteiger partial charge on any atom is 0.123 e. The minimum Gasteiger partial charge on any atom is -0.371 e. The molecule has 2 rings (SSSR count). The van der Waals surface area contributed by atoms with Crippen LogP contribution in [0.1, 0.15) is 26.7 Å². The van der Waals surface area contributed by atoms with Crippen LogP contribution >= 0.6 is 0 Å². The number of piperidine rings is 1. The second-order valence-electron chi connectivity index (χ2n) is 5.07. The summed E-state index contributed by atoms with van der Waals surface area (Å²) in [5, 5.41) is 0. The zero-order valence-corrected chi connectivity index (χ0v) is 10.1. The van der Waals surface area contributed by atoms with Crippen LogP contribution in [0, 0.1) is 17.7 Å². The summed E-state index contributed by atoms with van der Waals surface area (Å²) in [6, 6.07) is 6.87. The first-order chi connectivity index (χ1) is 7.66. The Morgan fingerprint density at radius 2 is 1.94 bits per heavy atom. The van der Waals surface area contributed by atoms with Crippen LogP contribution in [0.2, 0.25) is 0 Å². The van der Waals surface area contributed by atoms with Gasteiger partial charge in [0.2, 0.25) is 0 Å². The molecule has 0 saturated carbocycles. The van der Waals surface area contributed by atoms with Gasteiger partial charge in [-0.2, -0.15) is 0 Å². The Labute approximate surface area is 97.3 Å². The Hall–Kier alpha value is -1.05. The Balaban J connectivity index is 2.06. The van der Waals surface area contributed by atoms with Crippen molar-refractivity contribution in [1.29, 1.82) is 0 Å². The summed E-state index contributed by atoms with van der Waals surface area (Å²) in [5.74, 6) is 1.36. The van der Waals surface area contributed by atoms with E-state index < -0.39 is 0 Å². The van der Waals surface area contributed by atoms with Crippen molar-refractivity contribution in [1.82, 2.24) is 0 Å². The van der Waals surface area contributed by atoms with Gasteiger partial charge < -0.3 is 4.90 Å². The maximum atomic E-state index is 12.8. The molecule has 88 valence electrons. The molecule has 1 aromatic carbocycles. The normalized spacial score (nSPS) is 21.5. The fourth-order valence-electron chi connectivity index (χ4n) is 2.44. The average molecular weight is 221 g/mol. The second-order valence-corrected chi connectivity index (χ2v) is 5.07. The summed E-state index contributed by atoms with van der Waals surface area (Å²) in [6.07, 6.45) is 2.58. The summed E-state index contributed by atoms with van der Waals surface area (Å²) in [4.78, 5) is 2.38. The summed E-state index contributed by atoms with van der Waals surface area (Å²) in [5.41, 5.74) is 1.16. The lowest BCUT2D eigenvalue weighted by molar-refractivity contribution is 0.322. The predicted molar refractivity (Wildman–Crippen MR) is 66.2 cm³/mol. The minimum atomic E-state index is -0.152. The smallest absolute Gasteiger partial charge is 0.123 e. The molecule has 0 bridgehead atoms. The van der Waals surface area contributed by atoms with Crippen LogP contribution in [0.3, 0.4) is 0 Å². The molecule has 1 fully saturated rings. The van der Waals surface area contributed by atoms with E-state index in [0.717, 1.165) is 30.6 Å². The van der Waals surface area contributed by atoms with Crippen LogP contribution < -0.4 is 4.90 Å². The summed E-state index contributed by atoms with van der Waals surface area (Å²) < 4.78 is 12.8. The number of hydrogen-bond acceptors (Lipinski definition) is 1. The monoisotopic (exact) mass is 221 g/mol. The third kappa shape index (κ3) is 2.55. The third-order valence-corrected chi connectivity index (χ3v) is 3.59. The Bertz CT molecular complexity index is 331. The first-order valence-electron chi connectivity index (χ1n) is 6.17. The van der Waals surface area contributed by atoms with Crippen molar-refractivity contribution >= 4 is 5.69 Å². The lowest BCUT2D eigenvalue weighted by Gasteiger charge is -2.36. The van der Waals surface area contributed by atoms with E-state index >= 15 is 0 Å². The zero-order valence-electron chi connectivity index (χ0n) is 10.1. The van der Waals surface area contributed by atoms with Gasteiger partial charge in [0.1, 0.15) is 5.82 Å². The fourth-order valence-corrected chi connectivity index (χ4v) is 2.44. The lowest BCUT2D eigenvalue weighted by atomic mass is 9.88. The van der Waals surface area contributed by atoms with Gasteiger partial charge in [-0.15, -0.1) is 0 Å². The van der Waals surface area contributed by atoms with E-state index in [4.69, 9.17) is 0 Å². The highest BCUT2D eigenvalue weighted by atomic mass is 19.1. The molecule has 0 N–H and O–H groups in total. The van der Waals surface area contributed by atoms with Crippen molar-refractivity contribution < 1.29 is 4.39 Å². The van der Waals surface area contributed by atoms with Crippen LogP contribution in [-0.4, -0.2) is 13.1 Å². The van der Waals surface area contributed by atoms with Crippen molar-refractivity contribution in [3.63, 3.8) is 0 Å². The van der Waals surface area contributed by atoms with Crippen molar-refractivity contribution in [2.45, 2.75) is 26.7 Å². The standard InChI is InChI=1S/C14H20FN/c1-11(2)12-4-3-9-16(10-12)14-7-5-13(15)6-8-14/h5-8,11-12H,3-4,9-10H2,1-2H3. The van der Waals surface area contributed by atoms with E-state index in [2.05, 4.69) is 18.7 Å². The van der Waals surface area contributed by atoms with Crippen LogP contribution in [0.5, 0.6) is 0 Å². The first kappa shape index (κ1) is 11.4. The maximum absolute atomic E-state index is 12.8. The topological polar surface area (TPSA) is 3.24 Å². The van der Waals surface area contributed by atoms with Crippen molar-refractivity contribution in [3.8, 4) is 0 Å². The Morgan fingerprint density at radius 1 is 1.25 bits per heavy atom. The SMILES string of the molecule is CC(C)C1CCCN(c2ccc(F)cc2)C1. The van der Waals surface area contributed by atoms with Gasteiger partial charge in [-0.1, -0.05) is 13.8 Å². The van der Waals surface area contributed by atoms with E-state index in [9.17, 15) is 4.39 Å². The van der Waals surface area contributed by atoms with Crippen LogP contribution in [-0.2, 0) is 0 Å². The molecule has 1 saturated heterocycles. The molecule has 0 aliphatic carbocycles. The number of rotatable bonds is 2. The van der Waals surface area contributed by atoms with Gasteiger partial charge in [-0.3, -0.25) is 0 Å². The van der Waals surface area contributed by atoms with Crippen molar-refractivity contribution in [2.75, 3.05) is 18.0 Å². The van der Waals surface area contributed by atoms with Crippen LogP contribution in [0.4, 0.5) is 10.1 Å². The van der Waals surface area contributed by atoms with E-state index in [0.29, 0.717) is 0 Å². The van der Waals surface area contributed by atoms with Gasteiger partial charge in [0, 0.05) is 18.8 Å². The molecule has 0 spiro atoms. The van der Waals surface area contributed by atoms with Gasteiger partial charge in [0.15, 0.2) is 0 Å². The van der Waals surface area contributed by atoms with E-state index in [1.54, 1.807) is 12.1 Å². The molecule has 1 aliphatic heterocycles. The molecular weight excluding hydrogens is 201 g/mol. The number of benzene rings is 1. The number of anilines is 1. The quantitative estimate of drug-likeness (QED) is 0.736. The van der Waals surface area contributed by atoms with Gasteiger partial charge >= 0.3 is 0 Å². The molecule has 1 aromatic rings. The molecule has 1 aliphatic rings. The largest absolute Gasteiger partial charge is 0.371 e. The molecule has 0 aromatic heterocycles. The second kappa shape index (κ2) is 4.86. The summed E-state index contributed by atoms with van der Waals surface area (Å²) >= 11 is 0. The molecule has 2 heteroatoms. The molecule has 1 unspecified atom stereocenters. The highest BCUT2D eigenvalue weighted by Crippen LogP contribution is 2.27. The summed E-state index contributed by atoms with van der Waals surface area (Å²) in [7, 11) is 0. The van der Waals surface area contributed by atoms with Crippen molar-refractivity contribution in [3.05, 3.63) is 30.1 Å². The predicted octanol–water partition coefficient (Wildman–Crippen LogP) is 3.70. The molecule has 1 heterocycles. The van der Waals surface area contributed by atoms with Gasteiger partial charge in [-0.25, -0.2) is 4.39 Å². The Kier molecular flexibility index (Phi) is 3.47. The van der Waals surface area contributed by atoms with E-state index in [1.165, 1.54) is 12.8 Å². The van der Waals surface area contributed by atoms with Gasteiger partial charge in [-0.05, 0) is 48.9 Å². The number of nitrogens with zero attached hydrogens (tertiary/aromatic N) is 1. The Morgan fingerprint density at radius 3 is 2.56 bits per heavy atom. The number of hydrogen-bond donors (Lipinski definition) is 0. The molecular formula is C14H20FN. The van der Waals surface area contributed by atoms with Gasteiger partial charge in [0.25, 0.3) is 0 Å². The van der Waals surface area contributed by atoms with Crippen molar-refractivity contribution in [2.24, 2.45) is 11.8 Å². The minimum absolute atomic E-state index is 0.152. The first-order valence-corrected chi connectivity index (χ1v) is 6.17. The van der Waals surface area contributed by atoms with Crippen LogP contribution in [0.25, 0.3) is 0 Å². The van der Waals surface area contributed by atoms with E-state index in [-0.39, 0.29) is 5.82 Å². The third-order valence-electron chi connectivity index (χ3n) is 3.59. The summed E-state index contributed by atoms with van der Waals surface area (Å²) in [6.45, 7) is 6.80. The average Bonchev–Trinajstić information content (AvgIpc) is 2.30. The number of halogens is 1. The molecule has 16 heavy (non-hydrogen) atoms. The lowest BCUT2D eigenvalue weighted by Crippen LogP contribution is -2.37. The van der Waals surface area contributed by atoms with E-state index in [1.807, 2.05) is 12.1 Å². The van der Waals surface area contributed by atoms with Crippen LogP contribution in [0.15, 0.2) is 24.3 Å². The van der Waals surface area contributed by atoms with Gasteiger partial charge in [0.05, 0.1) is 0 Å².